The van der Waals surface area contributed by atoms with Crippen molar-refractivity contribution in [2.24, 2.45) is 17.1 Å². The maximum Gasteiger partial charge on any atom is 0.00954 e. The van der Waals surface area contributed by atoms with Crippen LogP contribution in [-0.4, -0.2) is 11.5 Å². The van der Waals surface area contributed by atoms with Gasteiger partial charge >= 0.3 is 0 Å². The second kappa shape index (κ2) is 17.8. The van der Waals surface area contributed by atoms with E-state index in [0.29, 0.717) is 11.5 Å². The van der Waals surface area contributed by atoms with Crippen LogP contribution in [0.25, 0.3) is 0 Å². The first-order valence-electron chi connectivity index (χ1n) is 12.9. The van der Waals surface area contributed by atoms with Crippen LogP contribution in [0.5, 0.6) is 0 Å². The number of nitrogens with two attached hydrogens (primary N) is 1. The summed E-state index contributed by atoms with van der Waals surface area (Å²) in [5.74, 6) is 0.817. The molecule has 0 bridgehead atoms. The van der Waals surface area contributed by atoms with Crippen molar-refractivity contribution in [1.82, 2.24) is 0 Å². The zero-order valence-electron chi connectivity index (χ0n) is 19.9. The molecule has 28 heavy (non-hydrogen) atoms. The molecule has 1 rings (SSSR count). The van der Waals surface area contributed by atoms with E-state index in [-0.39, 0.29) is 5.48 Å². The van der Waals surface area contributed by atoms with Crippen molar-refractivity contribution in [3.63, 3.8) is 0 Å². The van der Waals surface area contributed by atoms with E-state index in [4.69, 9.17) is 5.73 Å². The van der Waals surface area contributed by atoms with Crippen LogP contribution in [-0.2, 0) is 0 Å². The molecule has 2 nitrogen and oxygen atoms in total. The molecule has 4 N–H and O–H groups in total. The normalized spacial score (nSPS) is 23.4. The third-order valence-electron chi connectivity index (χ3n) is 7.69. The smallest absolute Gasteiger partial charge is 0.00954 e. The predicted molar refractivity (Wildman–Crippen MR) is 127 cm³/mol. The van der Waals surface area contributed by atoms with Gasteiger partial charge in [-0.05, 0) is 24.2 Å². The van der Waals surface area contributed by atoms with Gasteiger partial charge in [0.15, 0.2) is 0 Å². The second-order valence-electron chi connectivity index (χ2n) is 10.00. The van der Waals surface area contributed by atoms with Crippen LogP contribution < -0.4 is 5.73 Å². The Labute approximate surface area is 178 Å². The van der Waals surface area contributed by atoms with Gasteiger partial charge in [0.05, 0.1) is 0 Å². The van der Waals surface area contributed by atoms with Crippen LogP contribution in [0.4, 0.5) is 0 Å². The molecular formula is C26H55NO. The molecule has 1 aliphatic rings. The summed E-state index contributed by atoms with van der Waals surface area (Å²) < 4.78 is 0. The molecule has 0 amide bonds. The first kappa shape index (κ1) is 27.9. The summed E-state index contributed by atoms with van der Waals surface area (Å²) in [7, 11) is 0. The van der Waals surface area contributed by atoms with Gasteiger partial charge in [-0.1, -0.05) is 136 Å². The molecule has 3 unspecified atom stereocenters. The van der Waals surface area contributed by atoms with Gasteiger partial charge < -0.3 is 11.2 Å². The molecular weight excluding hydrogens is 342 g/mol. The largest absolute Gasteiger partial charge is 0.412 e. The van der Waals surface area contributed by atoms with E-state index in [1.54, 1.807) is 0 Å². The predicted octanol–water partition coefficient (Wildman–Crippen LogP) is 7.97. The van der Waals surface area contributed by atoms with Crippen molar-refractivity contribution in [2.45, 2.75) is 155 Å². The van der Waals surface area contributed by atoms with Crippen LogP contribution >= 0.6 is 0 Å². The molecule has 0 heterocycles. The van der Waals surface area contributed by atoms with Gasteiger partial charge in [0.1, 0.15) is 0 Å². The average molecular weight is 398 g/mol. The maximum absolute atomic E-state index is 6.63. The average Bonchev–Trinajstić information content (AvgIpc) is 2.67. The fraction of sp³-hybridized carbons (Fsp3) is 1.00. The van der Waals surface area contributed by atoms with E-state index in [2.05, 4.69) is 20.8 Å². The number of hydrogen-bond donors (Lipinski definition) is 1. The lowest BCUT2D eigenvalue weighted by molar-refractivity contribution is 0.0896. The Morgan fingerprint density at radius 1 is 0.750 bits per heavy atom. The lowest BCUT2D eigenvalue weighted by Gasteiger charge is -2.44. The van der Waals surface area contributed by atoms with Crippen molar-refractivity contribution in [1.29, 1.82) is 0 Å². The Hall–Kier alpha value is -0.0800. The quantitative estimate of drug-likeness (QED) is 0.248. The highest BCUT2D eigenvalue weighted by atomic mass is 16.0. The minimum Gasteiger partial charge on any atom is -0.412 e. The topological polar surface area (TPSA) is 57.5 Å². The fourth-order valence-electron chi connectivity index (χ4n) is 5.15. The molecule has 2 heteroatoms. The Bertz CT molecular complexity index is 332. The summed E-state index contributed by atoms with van der Waals surface area (Å²) in [4.78, 5) is 0. The first-order valence-corrected chi connectivity index (χ1v) is 12.9. The molecule has 0 radical (unpaired) electrons. The van der Waals surface area contributed by atoms with Gasteiger partial charge in [-0.15, -0.1) is 0 Å². The Morgan fingerprint density at radius 3 is 1.61 bits per heavy atom. The third kappa shape index (κ3) is 11.8. The van der Waals surface area contributed by atoms with Crippen molar-refractivity contribution >= 4 is 0 Å². The van der Waals surface area contributed by atoms with Gasteiger partial charge in [-0.2, -0.15) is 0 Å². The highest BCUT2D eigenvalue weighted by Gasteiger charge is 2.38. The van der Waals surface area contributed by atoms with E-state index in [1.807, 2.05) is 0 Å². The molecule has 3 atom stereocenters. The van der Waals surface area contributed by atoms with Gasteiger partial charge in [0, 0.05) is 6.04 Å². The zero-order chi connectivity index (χ0) is 19.8. The molecule has 0 spiro atoms. The summed E-state index contributed by atoms with van der Waals surface area (Å²) in [6.07, 6.45) is 28.4. The summed E-state index contributed by atoms with van der Waals surface area (Å²) in [5.41, 5.74) is 7.04. The van der Waals surface area contributed by atoms with Gasteiger partial charge in [0.2, 0.25) is 0 Å². The molecule has 1 aliphatic carbocycles. The highest BCUT2D eigenvalue weighted by Crippen LogP contribution is 2.43. The summed E-state index contributed by atoms with van der Waals surface area (Å²) >= 11 is 0. The van der Waals surface area contributed by atoms with Gasteiger partial charge in [-0.3, -0.25) is 0 Å². The van der Waals surface area contributed by atoms with Crippen molar-refractivity contribution in [3.8, 4) is 0 Å². The Balaban J connectivity index is 0.00000729. The monoisotopic (exact) mass is 397 g/mol. The summed E-state index contributed by atoms with van der Waals surface area (Å²) in [6.45, 7) is 7.20. The summed E-state index contributed by atoms with van der Waals surface area (Å²) in [6, 6.07) is 0.426. The summed E-state index contributed by atoms with van der Waals surface area (Å²) in [5, 5.41) is 0. The molecule has 1 saturated carbocycles. The lowest BCUT2D eigenvalue weighted by atomic mass is 9.63. The van der Waals surface area contributed by atoms with Crippen LogP contribution in [0.2, 0.25) is 0 Å². The van der Waals surface area contributed by atoms with Crippen LogP contribution in [0.15, 0.2) is 0 Å². The first-order chi connectivity index (χ1) is 13.1. The number of rotatable bonds is 17. The molecule has 170 valence electrons. The minimum atomic E-state index is 0. The van der Waals surface area contributed by atoms with E-state index >= 15 is 0 Å². The van der Waals surface area contributed by atoms with Crippen molar-refractivity contribution in [2.75, 3.05) is 0 Å². The zero-order valence-corrected chi connectivity index (χ0v) is 19.9. The van der Waals surface area contributed by atoms with Gasteiger partial charge in [-0.25, -0.2) is 0 Å². The highest BCUT2D eigenvalue weighted by molar-refractivity contribution is 4.91. The van der Waals surface area contributed by atoms with Crippen LogP contribution in [0.3, 0.4) is 0 Å². The SMILES string of the molecule is CCCCCCCCCCCCCCCCCC(N)C1(C)CCCCC1C.O. The van der Waals surface area contributed by atoms with E-state index in [9.17, 15) is 0 Å². The lowest BCUT2D eigenvalue weighted by Crippen LogP contribution is -2.45. The van der Waals surface area contributed by atoms with Crippen molar-refractivity contribution in [3.05, 3.63) is 0 Å². The molecule has 0 aromatic heterocycles. The number of unbranched alkanes of at least 4 members (excludes halogenated alkanes) is 14. The Morgan fingerprint density at radius 2 is 1.18 bits per heavy atom. The van der Waals surface area contributed by atoms with Gasteiger partial charge in [0.25, 0.3) is 0 Å². The minimum absolute atomic E-state index is 0. The van der Waals surface area contributed by atoms with Crippen molar-refractivity contribution < 1.29 is 5.48 Å². The van der Waals surface area contributed by atoms with Crippen LogP contribution in [0, 0.1) is 11.3 Å². The van der Waals surface area contributed by atoms with E-state index in [0.717, 1.165) is 5.92 Å². The third-order valence-corrected chi connectivity index (χ3v) is 7.69. The molecule has 0 aliphatic heterocycles. The fourth-order valence-corrected chi connectivity index (χ4v) is 5.15. The standard InChI is InChI=1S/C26H53N.H2O/c1-4-5-6-7-8-9-10-11-12-13-14-15-16-17-18-22-25(27)26(3)23-20-19-21-24(26)2;/h24-25H,4-23,27H2,1-3H3;1H2. The second-order valence-corrected chi connectivity index (χ2v) is 10.00. The Kier molecular flexibility index (Phi) is 17.7. The van der Waals surface area contributed by atoms with E-state index < -0.39 is 0 Å². The maximum atomic E-state index is 6.63. The van der Waals surface area contributed by atoms with E-state index in [1.165, 1.54) is 128 Å². The molecule has 0 saturated heterocycles. The molecule has 0 aromatic carbocycles. The number of hydrogen-bond acceptors (Lipinski definition) is 1. The van der Waals surface area contributed by atoms with Crippen LogP contribution in [0.1, 0.15) is 149 Å². The molecule has 0 aromatic rings. The molecule has 1 fully saturated rings.